The van der Waals surface area contributed by atoms with Gasteiger partial charge in [0.1, 0.15) is 11.9 Å². The molecule has 1 unspecified atom stereocenters. The number of hydrogen-bond acceptors (Lipinski definition) is 4. The Morgan fingerprint density at radius 2 is 1.67 bits per heavy atom. The van der Waals surface area contributed by atoms with E-state index in [0.717, 1.165) is 44.5 Å². The molecule has 0 bridgehead atoms. The fourth-order valence-corrected chi connectivity index (χ4v) is 3.63. The van der Waals surface area contributed by atoms with E-state index in [4.69, 9.17) is 14.2 Å². The smallest absolute Gasteiger partial charge is 0.343 e. The van der Waals surface area contributed by atoms with E-state index in [-0.39, 0.29) is 5.97 Å². The molecule has 2 aliphatic rings. The number of benzene rings is 2. The zero-order chi connectivity index (χ0) is 18.6. The zero-order valence-corrected chi connectivity index (χ0v) is 15.7. The summed E-state index contributed by atoms with van der Waals surface area (Å²) in [7, 11) is 0. The van der Waals surface area contributed by atoms with Crippen LogP contribution in [0.3, 0.4) is 0 Å². The highest BCUT2D eigenvalue weighted by atomic mass is 16.6. The first-order valence-corrected chi connectivity index (χ1v) is 9.79. The normalized spacial score (nSPS) is 24.4. The summed E-state index contributed by atoms with van der Waals surface area (Å²) in [5.41, 5.74) is 3.02. The molecule has 1 saturated carbocycles. The SMILES string of the molecule is Cc1ccc(OC(=O)c2ccc(C3CCC(OCC4CO4)CC3)cc2)cc1. The summed E-state index contributed by atoms with van der Waals surface area (Å²) >= 11 is 0. The molecule has 142 valence electrons. The Morgan fingerprint density at radius 1 is 1.00 bits per heavy atom. The van der Waals surface area contributed by atoms with Gasteiger partial charge in [-0.2, -0.15) is 0 Å². The van der Waals surface area contributed by atoms with Crippen LogP contribution in [0.25, 0.3) is 0 Å². The average molecular weight is 366 g/mol. The van der Waals surface area contributed by atoms with Gasteiger partial charge < -0.3 is 14.2 Å². The maximum atomic E-state index is 12.3. The Labute approximate surface area is 160 Å². The topological polar surface area (TPSA) is 48.1 Å². The average Bonchev–Trinajstić information content (AvgIpc) is 3.53. The van der Waals surface area contributed by atoms with Crippen molar-refractivity contribution in [2.45, 2.75) is 50.7 Å². The maximum absolute atomic E-state index is 12.3. The molecule has 4 rings (SSSR count). The predicted molar refractivity (Wildman–Crippen MR) is 103 cm³/mol. The van der Waals surface area contributed by atoms with Gasteiger partial charge in [-0.1, -0.05) is 29.8 Å². The van der Waals surface area contributed by atoms with Gasteiger partial charge in [0.15, 0.2) is 0 Å². The minimum Gasteiger partial charge on any atom is -0.423 e. The molecule has 1 aliphatic heterocycles. The first-order valence-electron chi connectivity index (χ1n) is 9.79. The van der Waals surface area contributed by atoms with Gasteiger partial charge in [0.2, 0.25) is 0 Å². The van der Waals surface area contributed by atoms with Crippen LogP contribution in [0.4, 0.5) is 0 Å². The van der Waals surface area contributed by atoms with E-state index in [1.165, 1.54) is 5.56 Å². The second-order valence-electron chi connectivity index (χ2n) is 7.59. The summed E-state index contributed by atoms with van der Waals surface area (Å²) in [6, 6.07) is 15.4. The number of hydrogen-bond donors (Lipinski definition) is 0. The van der Waals surface area contributed by atoms with E-state index in [9.17, 15) is 4.79 Å². The van der Waals surface area contributed by atoms with Crippen LogP contribution in [0.1, 0.15) is 53.1 Å². The monoisotopic (exact) mass is 366 g/mol. The van der Waals surface area contributed by atoms with Crippen LogP contribution in [0.5, 0.6) is 5.75 Å². The fraction of sp³-hybridized carbons (Fsp3) is 0.435. The first kappa shape index (κ1) is 18.2. The molecule has 0 aromatic heterocycles. The molecule has 2 fully saturated rings. The molecule has 0 N–H and O–H groups in total. The maximum Gasteiger partial charge on any atom is 0.343 e. The van der Waals surface area contributed by atoms with E-state index >= 15 is 0 Å². The van der Waals surface area contributed by atoms with Crippen molar-refractivity contribution >= 4 is 5.97 Å². The number of ether oxygens (including phenoxy) is 3. The van der Waals surface area contributed by atoms with Crippen LogP contribution in [-0.4, -0.2) is 31.4 Å². The Balaban J connectivity index is 1.29. The van der Waals surface area contributed by atoms with Crippen molar-refractivity contribution in [3.05, 3.63) is 65.2 Å². The van der Waals surface area contributed by atoms with Crippen molar-refractivity contribution in [1.82, 2.24) is 0 Å². The largest absolute Gasteiger partial charge is 0.423 e. The summed E-state index contributed by atoms with van der Waals surface area (Å²) in [4.78, 5) is 12.3. The molecule has 1 saturated heterocycles. The molecule has 0 radical (unpaired) electrons. The summed E-state index contributed by atoms with van der Waals surface area (Å²) in [6.07, 6.45) is 5.15. The molecular weight excluding hydrogens is 340 g/mol. The molecule has 27 heavy (non-hydrogen) atoms. The molecular formula is C23H26O4. The lowest BCUT2D eigenvalue weighted by Crippen LogP contribution is -2.22. The van der Waals surface area contributed by atoms with Crippen molar-refractivity contribution in [3.8, 4) is 5.75 Å². The Morgan fingerprint density at radius 3 is 2.30 bits per heavy atom. The predicted octanol–water partition coefficient (Wildman–Crippen LogP) is 4.66. The molecule has 2 aromatic rings. The van der Waals surface area contributed by atoms with Crippen molar-refractivity contribution < 1.29 is 19.0 Å². The standard InChI is InChI=1S/C23H26O4/c1-16-2-10-21(11-3-16)27-23(24)19-6-4-17(5-7-19)18-8-12-20(13-9-18)25-14-22-15-26-22/h2-7,10-11,18,20,22H,8-9,12-15H2,1H3. The molecule has 0 spiro atoms. The van der Waals surface area contributed by atoms with Crippen molar-refractivity contribution in [3.63, 3.8) is 0 Å². The van der Waals surface area contributed by atoms with Crippen LogP contribution < -0.4 is 4.74 Å². The number of carbonyl (C=O) groups is 1. The van der Waals surface area contributed by atoms with Gasteiger partial charge in [0.25, 0.3) is 0 Å². The molecule has 4 heteroatoms. The number of rotatable bonds is 6. The summed E-state index contributed by atoms with van der Waals surface area (Å²) in [6.45, 7) is 3.60. The first-order chi connectivity index (χ1) is 13.2. The summed E-state index contributed by atoms with van der Waals surface area (Å²) in [5.74, 6) is 0.804. The van der Waals surface area contributed by atoms with Gasteiger partial charge in [0.05, 0.1) is 24.9 Å². The fourth-order valence-electron chi connectivity index (χ4n) is 3.63. The molecule has 2 aromatic carbocycles. The van der Waals surface area contributed by atoms with Crippen molar-refractivity contribution in [1.29, 1.82) is 0 Å². The number of carbonyl (C=O) groups excluding carboxylic acids is 1. The van der Waals surface area contributed by atoms with Gasteiger partial charge in [-0.25, -0.2) is 4.79 Å². The van der Waals surface area contributed by atoms with Gasteiger partial charge >= 0.3 is 5.97 Å². The second-order valence-corrected chi connectivity index (χ2v) is 7.59. The molecule has 1 atom stereocenters. The highest BCUT2D eigenvalue weighted by molar-refractivity contribution is 5.91. The third kappa shape index (κ3) is 4.96. The van der Waals surface area contributed by atoms with E-state index in [0.29, 0.717) is 29.4 Å². The van der Waals surface area contributed by atoms with Gasteiger partial charge in [-0.3, -0.25) is 0 Å². The second kappa shape index (κ2) is 8.24. The summed E-state index contributed by atoms with van der Waals surface area (Å²) < 4.78 is 16.6. The van der Waals surface area contributed by atoms with Crippen LogP contribution in [0, 0.1) is 6.92 Å². The van der Waals surface area contributed by atoms with E-state index < -0.39 is 0 Å². The van der Waals surface area contributed by atoms with Crippen LogP contribution in [-0.2, 0) is 9.47 Å². The number of epoxide rings is 1. The number of aryl methyl sites for hydroxylation is 1. The summed E-state index contributed by atoms with van der Waals surface area (Å²) in [5, 5.41) is 0. The lowest BCUT2D eigenvalue weighted by Gasteiger charge is -2.28. The quantitative estimate of drug-likeness (QED) is 0.424. The van der Waals surface area contributed by atoms with E-state index in [1.807, 2.05) is 43.3 Å². The lowest BCUT2D eigenvalue weighted by molar-refractivity contribution is 0.0165. The molecule has 0 amide bonds. The highest BCUT2D eigenvalue weighted by Gasteiger charge is 2.27. The molecule has 1 heterocycles. The van der Waals surface area contributed by atoms with Gasteiger partial charge in [-0.05, 0) is 68.4 Å². The molecule has 1 aliphatic carbocycles. The van der Waals surface area contributed by atoms with Gasteiger partial charge in [0, 0.05) is 0 Å². The number of esters is 1. The Hall–Kier alpha value is -2.17. The van der Waals surface area contributed by atoms with E-state index in [1.54, 1.807) is 0 Å². The van der Waals surface area contributed by atoms with Crippen LogP contribution in [0.15, 0.2) is 48.5 Å². The molecule has 4 nitrogen and oxygen atoms in total. The third-order valence-electron chi connectivity index (χ3n) is 5.44. The van der Waals surface area contributed by atoms with E-state index in [2.05, 4.69) is 12.1 Å². The Kier molecular flexibility index (Phi) is 5.55. The highest BCUT2D eigenvalue weighted by Crippen LogP contribution is 2.34. The third-order valence-corrected chi connectivity index (χ3v) is 5.44. The zero-order valence-electron chi connectivity index (χ0n) is 15.7. The van der Waals surface area contributed by atoms with Crippen LogP contribution in [0.2, 0.25) is 0 Å². The van der Waals surface area contributed by atoms with Crippen molar-refractivity contribution in [2.75, 3.05) is 13.2 Å². The van der Waals surface area contributed by atoms with Crippen molar-refractivity contribution in [2.24, 2.45) is 0 Å². The van der Waals surface area contributed by atoms with Gasteiger partial charge in [-0.15, -0.1) is 0 Å². The minimum atomic E-state index is -0.315. The minimum absolute atomic E-state index is 0.315. The lowest BCUT2D eigenvalue weighted by atomic mass is 9.82. The Bertz CT molecular complexity index is 754. The van der Waals surface area contributed by atoms with Crippen LogP contribution >= 0.6 is 0 Å².